The molecule has 0 radical (unpaired) electrons. The number of pyridine rings is 1. The molecule has 0 spiro atoms. The van der Waals surface area contributed by atoms with Gasteiger partial charge in [0.1, 0.15) is 5.82 Å². The van der Waals surface area contributed by atoms with Crippen LogP contribution in [0.15, 0.2) is 28.9 Å². The summed E-state index contributed by atoms with van der Waals surface area (Å²) in [5.74, 6) is -0.361. The zero-order valence-electron chi connectivity index (χ0n) is 11.1. The second-order valence-corrected chi connectivity index (χ2v) is 6.04. The lowest BCUT2D eigenvalue weighted by Gasteiger charge is -2.25. The second kappa shape index (κ2) is 5.38. The van der Waals surface area contributed by atoms with Crippen molar-refractivity contribution in [2.75, 3.05) is 11.9 Å². The van der Waals surface area contributed by atoms with Crippen LogP contribution in [0.2, 0.25) is 0 Å². The third kappa shape index (κ3) is 2.91. The van der Waals surface area contributed by atoms with Crippen LogP contribution in [0.4, 0.5) is 5.82 Å². The van der Waals surface area contributed by atoms with Crippen LogP contribution in [0.5, 0.6) is 0 Å². The topological polar surface area (TPSA) is 82.5 Å². The fourth-order valence-electron chi connectivity index (χ4n) is 1.80. The van der Waals surface area contributed by atoms with Gasteiger partial charge in [0.05, 0.1) is 17.7 Å². The quantitative estimate of drug-likeness (QED) is 0.798. The fourth-order valence-corrected chi connectivity index (χ4v) is 2.23. The molecule has 0 fully saturated rings. The van der Waals surface area contributed by atoms with E-state index in [-0.39, 0.29) is 12.2 Å². The zero-order valence-corrected chi connectivity index (χ0v) is 12.7. The normalized spacial score (nSPS) is 11.6. The Balaban J connectivity index is 2.58. The highest BCUT2D eigenvalue weighted by molar-refractivity contribution is 9.10. The first-order valence-corrected chi connectivity index (χ1v) is 6.84. The predicted molar refractivity (Wildman–Crippen MR) is 81.2 cm³/mol. The van der Waals surface area contributed by atoms with Crippen LogP contribution < -0.4 is 5.32 Å². The minimum absolute atomic E-state index is 0.0422. The van der Waals surface area contributed by atoms with E-state index in [4.69, 9.17) is 5.11 Å². The molecule has 0 amide bonds. The van der Waals surface area contributed by atoms with E-state index in [1.807, 2.05) is 13.8 Å². The number of carboxylic acids is 1. The Morgan fingerprint density at radius 2 is 2.10 bits per heavy atom. The second-order valence-electron chi connectivity index (χ2n) is 5.19. The number of aliphatic hydroxyl groups excluding tert-OH is 1. The molecule has 0 aliphatic rings. The van der Waals surface area contributed by atoms with E-state index in [1.165, 1.54) is 6.07 Å². The van der Waals surface area contributed by atoms with Crippen molar-refractivity contribution < 1.29 is 15.0 Å². The summed E-state index contributed by atoms with van der Waals surface area (Å²) in [6, 6.07) is 4.85. The largest absolute Gasteiger partial charge is 0.478 e. The van der Waals surface area contributed by atoms with Crippen molar-refractivity contribution in [2.24, 2.45) is 0 Å². The third-order valence-corrected chi connectivity index (χ3v) is 3.57. The van der Waals surface area contributed by atoms with E-state index in [1.54, 1.807) is 18.3 Å². The molecule has 3 N–H and O–H groups in total. The van der Waals surface area contributed by atoms with Gasteiger partial charge < -0.3 is 15.5 Å². The number of fused-ring (bicyclic) bond motifs is 1. The summed E-state index contributed by atoms with van der Waals surface area (Å²) in [6.45, 7) is 3.67. The minimum Gasteiger partial charge on any atom is -0.478 e. The lowest BCUT2D eigenvalue weighted by atomic mass is 10.0. The molecule has 0 saturated carbocycles. The summed E-state index contributed by atoms with van der Waals surface area (Å²) < 4.78 is 0.725. The van der Waals surface area contributed by atoms with Gasteiger partial charge in [-0.15, -0.1) is 0 Å². The number of hydrogen-bond donors (Lipinski definition) is 3. The molecule has 6 heteroatoms. The molecule has 0 aliphatic heterocycles. The summed E-state index contributed by atoms with van der Waals surface area (Å²) in [4.78, 5) is 15.3. The van der Waals surface area contributed by atoms with Gasteiger partial charge in [0.2, 0.25) is 0 Å². The number of aromatic carboxylic acids is 1. The molecule has 0 aliphatic carbocycles. The molecular weight excluding hydrogens is 324 g/mol. The number of nitrogens with zero attached hydrogens (tertiary/aromatic N) is 1. The SMILES string of the molecule is CC(C)(CO)Nc1ncc(Br)c2cc(C(=O)O)ccc12. The average molecular weight is 339 g/mol. The highest BCUT2D eigenvalue weighted by atomic mass is 79.9. The van der Waals surface area contributed by atoms with Crippen LogP contribution in [0.1, 0.15) is 24.2 Å². The van der Waals surface area contributed by atoms with Crippen molar-refractivity contribution in [3.63, 3.8) is 0 Å². The maximum Gasteiger partial charge on any atom is 0.335 e. The first kappa shape index (κ1) is 14.7. The number of carbonyl (C=O) groups is 1. The van der Waals surface area contributed by atoms with Gasteiger partial charge in [0, 0.05) is 21.4 Å². The molecule has 20 heavy (non-hydrogen) atoms. The van der Waals surface area contributed by atoms with Crippen LogP contribution in [-0.4, -0.2) is 33.3 Å². The molecule has 106 valence electrons. The summed E-state index contributed by atoms with van der Waals surface area (Å²) in [5.41, 5.74) is -0.295. The Kier molecular flexibility index (Phi) is 3.96. The Bertz CT molecular complexity index is 671. The van der Waals surface area contributed by atoms with Gasteiger partial charge >= 0.3 is 5.97 Å². The molecular formula is C14H15BrN2O3. The first-order valence-electron chi connectivity index (χ1n) is 6.05. The van der Waals surface area contributed by atoms with Crippen LogP contribution in [0.3, 0.4) is 0 Å². The number of nitrogens with one attached hydrogen (secondary N) is 1. The Morgan fingerprint density at radius 3 is 2.70 bits per heavy atom. The molecule has 2 aromatic rings. The van der Waals surface area contributed by atoms with Crippen molar-refractivity contribution in [1.29, 1.82) is 0 Å². The Hall–Kier alpha value is -1.66. The van der Waals surface area contributed by atoms with E-state index in [2.05, 4.69) is 26.2 Å². The van der Waals surface area contributed by atoms with Crippen molar-refractivity contribution in [3.05, 3.63) is 34.4 Å². The van der Waals surface area contributed by atoms with Gasteiger partial charge in [-0.2, -0.15) is 0 Å². The highest BCUT2D eigenvalue weighted by Crippen LogP contribution is 2.30. The molecule has 1 heterocycles. The summed E-state index contributed by atoms with van der Waals surface area (Å²) >= 11 is 3.38. The third-order valence-electron chi connectivity index (χ3n) is 2.94. The van der Waals surface area contributed by atoms with E-state index in [0.717, 1.165) is 15.2 Å². The van der Waals surface area contributed by atoms with Gasteiger partial charge in [-0.1, -0.05) is 0 Å². The molecule has 0 unspecified atom stereocenters. The first-order chi connectivity index (χ1) is 9.34. The van der Waals surface area contributed by atoms with Crippen molar-refractivity contribution in [3.8, 4) is 0 Å². The average Bonchev–Trinajstić information content (AvgIpc) is 2.41. The Morgan fingerprint density at radius 1 is 1.40 bits per heavy atom. The maximum atomic E-state index is 11.0. The Labute approximate surface area is 124 Å². The van der Waals surface area contributed by atoms with E-state index < -0.39 is 11.5 Å². The maximum absolute atomic E-state index is 11.0. The zero-order chi connectivity index (χ0) is 14.9. The molecule has 5 nitrogen and oxygen atoms in total. The summed E-state index contributed by atoms with van der Waals surface area (Å²) in [6.07, 6.45) is 1.61. The number of hydrogen-bond acceptors (Lipinski definition) is 4. The van der Waals surface area contributed by atoms with Crippen LogP contribution >= 0.6 is 15.9 Å². The van der Waals surface area contributed by atoms with Crippen molar-refractivity contribution in [2.45, 2.75) is 19.4 Å². The lowest BCUT2D eigenvalue weighted by Crippen LogP contribution is -2.35. The van der Waals surface area contributed by atoms with Crippen LogP contribution in [0.25, 0.3) is 10.8 Å². The van der Waals surface area contributed by atoms with E-state index in [0.29, 0.717) is 5.82 Å². The number of rotatable bonds is 4. The van der Waals surface area contributed by atoms with Crippen molar-refractivity contribution in [1.82, 2.24) is 4.98 Å². The van der Waals surface area contributed by atoms with Crippen LogP contribution in [-0.2, 0) is 0 Å². The number of aliphatic hydroxyl groups is 1. The monoisotopic (exact) mass is 338 g/mol. The van der Waals surface area contributed by atoms with Gasteiger partial charge in [-0.3, -0.25) is 0 Å². The number of anilines is 1. The number of halogens is 1. The van der Waals surface area contributed by atoms with E-state index in [9.17, 15) is 9.90 Å². The smallest absolute Gasteiger partial charge is 0.335 e. The minimum atomic E-state index is -0.971. The molecule has 0 saturated heterocycles. The van der Waals surface area contributed by atoms with E-state index >= 15 is 0 Å². The number of aromatic nitrogens is 1. The van der Waals surface area contributed by atoms with Crippen LogP contribution in [0, 0.1) is 0 Å². The highest BCUT2D eigenvalue weighted by Gasteiger charge is 2.18. The lowest BCUT2D eigenvalue weighted by molar-refractivity contribution is 0.0697. The van der Waals surface area contributed by atoms with Gasteiger partial charge in [-0.25, -0.2) is 9.78 Å². The number of carboxylic acid groups (broad SMARTS) is 1. The van der Waals surface area contributed by atoms with Gasteiger partial charge in [-0.05, 0) is 48.0 Å². The molecule has 1 aromatic heterocycles. The predicted octanol–water partition coefficient (Wildman–Crippen LogP) is 2.88. The molecule has 2 rings (SSSR count). The molecule has 1 aromatic carbocycles. The molecule has 0 bridgehead atoms. The number of benzene rings is 1. The summed E-state index contributed by atoms with van der Waals surface area (Å²) in [7, 11) is 0. The molecule has 0 atom stereocenters. The van der Waals surface area contributed by atoms with Gasteiger partial charge in [0.25, 0.3) is 0 Å². The van der Waals surface area contributed by atoms with Gasteiger partial charge in [0.15, 0.2) is 0 Å². The summed E-state index contributed by atoms with van der Waals surface area (Å²) in [5, 5.41) is 23.1. The standard InChI is InChI=1S/C14H15BrN2O3/c1-14(2,7-18)17-12-9-4-3-8(13(19)20)5-10(9)11(15)6-16-12/h3-6,18H,7H2,1-2H3,(H,16,17)(H,19,20). The fraction of sp³-hybridized carbons (Fsp3) is 0.286. The van der Waals surface area contributed by atoms with Crippen molar-refractivity contribution >= 4 is 38.5 Å².